The van der Waals surface area contributed by atoms with E-state index < -0.39 is 0 Å². The van der Waals surface area contributed by atoms with Crippen molar-refractivity contribution in [2.75, 3.05) is 7.11 Å². The molecule has 0 aliphatic carbocycles. The smallest absolute Gasteiger partial charge is 0.146 e. The summed E-state index contributed by atoms with van der Waals surface area (Å²) in [5.41, 5.74) is 5.41. The standard InChI is InChI=1S/C6H13NO.C2H6.CH4O2.H2/c1-4(2)6(7)5(3)8;1-2;1-3-2;/h4,6H,7H2,1-3H3;1-2H3;2H,1H3;1H. The molecule has 4 nitrogen and oxygen atoms in total. The second kappa shape index (κ2) is 14.1. The van der Waals surface area contributed by atoms with Crippen LogP contribution in [0.5, 0.6) is 0 Å². The van der Waals surface area contributed by atoms with Gasteiger partial charge in [0, 0.05) is 1.43 Å². The zero-order valence-corrected chi connectivity index (χ0v) is 9.50. The maximum atomic E-state index is 10.5. The first kappa shape index (κ1) is 18.4. The summed E-state index contributed by atoms with van der Waals surface area (Å²) in [5.74, 6) is 0.340. The number of rotatable bonds is 2. The molecule has 0 aromatic rings. The number of ketones is 1. The monoisotopic (exact) mass is 195 g/mol. The van der Waals surface area contributed by atoms with Crippen LogP contribution in [0, 0.1) is 5.92 Å². The lowest BCUT2D eigenvalue weighted by atomic mass is 10.0. The van der Waals surface area contributed by atoms with Crippen molar-refractivity contribution < 1.29 is 16.4 Å². The van der Waals surface area contributed by atoms with Gasteiger partial charge in [-0.25, -0.2) is 4.89 Å². The molecule has 1 unspecified atom stereocenters. The van der Waals surface area contributed by atoms with E-state index in [1.54, 1.807) is 0 Å². The molecule has 0 aliphatic heterocycles. The highest BCUT2D eigenvalue weighted by atomic mass is 17.1. The van der Waals surface area contributed by atoms with E-state index in [0.29, 0.717) is 0 Å². The molecule has 13 heavy (non-hydrogen) atoms. The Kier molecular flexibility index (Phi) is 19.9. The van der Waals surface area contributed by atoms with Crippen molar-refractivity contribution in [1.29, 1.82) is 0 Å². The maximum Gasteiger partial charge on any atom is 0.146 e. The van der Waals surface area contributed by atoms with E-state index in [-0.39, 0.29) is 19.2 Å². The summed E-state index contributed by atoms with van der Waals surface area (Å²) < 4.78 is 0. The molecule has 84 valence electrons. The highest BCUT2D eigenvalue weighted by molar-refractivity contribution is 5.81. The van der Waals surface area contributed by atoms with Crippen LogP contribution >= 0.6 is 0 Å². The molecule has 0 radical (unpaired) electrons. The fourth-order valence-corrected chi connectivity index (χ4v) is 0.469. The van der Waals surface area contributed by atoms with E-state index in [2.05, 4.69) is 4.89 Å². The van der Waals surface area contributed by atoms with Crippen LogP contribution in [-0.2, 0) is 9.68 Å². The van der Waals surface area contributed by atoms with Gasteiger partial charge in [0.25, 0.3) is 0 Å². The van der Waals surface area contributed by atoms with Crippen molar-refractivity contribution >= 4 is 5.78 Å². The first-order chi connectivity index (χ1) is 5.97. The quantitative estimate of drug-likeness (QED) is 0.521. The van der Waals surface area contributed by atoms with Crippen molar-refractivity contribution in [2.24, 2.45) is 11.7 Å². The molecular formula is C9H25NO3. The molecule has 0 fully saturated rings. The third kappa shape index (κ3) is 18.5. The maximum absolute atomic E-state index is 10.5. The normalized spacial score (nSPS) is 10.5. The van der Waals surface area contributed by atoms with Gasteiger partial charge in [-0.05, 0) is 12.8 Å². The number of nitrogens with two attached hydrogens (primary N) is 1. The molecule has 0 spiro atoms. The van der Waals surface area contributed by atoms with E-state index in [4.69, 9.17) is 11.0 Å². The third-order valence-electron chi connectivity index (χ3n) is 1.19. The van der Waals surface area contributed by atoms with Crippen molar-refractivity contribution in [3.63, 3.8) is 0 Å². The van der Waals surface area contributed by atoms with Gasteiger partial charge in [-0.15, -0.1) is 0 Å². The third-order valence-corrected chi connectivity index (χ3v) is 1.19. The number of carbonyl (C=O) groups is 1. The average molecular weight is 195 g/mol. The van der Waals surface area contributed by atoms with Gasteiger partial charge in [0.15, 0.2) is 0 Å². The molecular weight excluding hydrogens is 170 g/mol. The topological polar surface area (TPSA) is 72.6 Å². The van der Waals surface area contributed by atoms with E-state index in [0.717, 1.165) is 0 Å². The molecule has 0 rings (SSSR count). The largest absolute Gasteiger partial charge is 0.321 e. The molecule has 0 aromatic heterocycles. The van der Waals surface area contributed by atoms with Crippen molar-refractivity contribution in [3.05, 3.63) is 0 Å². The van der Waals surface area contributed by atoms with Crippen LogP contribution in [0.25, 0.3) is 0 Å². The molecule has 0 heterocycles. The Hall–Kier alpha value is -0.450. The SMILES string of the molecule is CC.CC(=O)C(N)C(C)C.COO.[HH]. The second-order valence-electron chi connectivity index (χ2n) is 2.56. The van der Waals surface area contributed by atoms with Gasteiger partial charge in [-0.1, -0.05) is 27.7 Å². The number of hydrogen-bond donors (Lipinski definition) is 2. The summed E-state index contributed by atoms with van der Waals surface area (Å²) in [4.78, 5) is 13.7. The van der Waals surface area contributed by atoms with Crippen LogP contribution in [0.1, 0.15) is 36.0 Å². The molecule has 0 aliphatic rings. The zero-order chi connectivity index (χ0) is 11.4. The van der Waals surface area contributed by atoms with Crippen LogP contribution in [0.15, 0.2) is 0 Å². The highest BCUT2D eigenvalue weighted by Crippen LogP contribution is 1.97. The highest BCUT2D eigenvalue weighted by Gasteiger charge is 2.10. The van der Waals surface area contributed by atoms with Crippen molar-refractivity contribution in [2.45, 2.75) is 40.7 Å². The summed E-state index contributed by atoms with van der Waals surface area (Å²) in [7, 11) is 1.18. The minimum Gasteiger partial charge on any atom is -0.321 e. The molecule has 4 heteroatoms. The number of hydrogen-bond acceptors (Lipinski definition) is 4. The van der Waals surface area contributed by atoms with E-state index in [9.17, 15) is 4.79 Å². The predicted octanol–water partition coefficient (Wildman–Crippen LogP) is 1.94. The first-order valence-corrected chi connectivity index (χ1v) is 4.40. The minimum atomic E-state index is -0.269. The molecule has 1 atom stereocenters. The van der Waals surface area contributed by atoms with Crippen LogP contribution in [0.2, 0.25) is 0 Å². The zero-order valence-electron chi connectivity index (χ0n) is 9.50. The van der Waals surface area contributed by atoms with Crippen LogP contribution in [0.4, 0.5) is 0 Å². The number of carbonyl (C=O) groups excluding carboxylic acids is 1. The van der Waals surface area contributed by atoms with Crippen molar-refractivity contribution in [3.8, 4) is 0 Å². The Labute approximate surface area is 82.5 Å². The molecule has 0 saturated heterocycles. The van der Waals surface area contributed by atoms with Crippen LogP contribution in [-0.4, -0.2) is 24.2 Å². The summed E-state index contributed by atoms with van der Waals surface area (Å²) >= 11 is 0. The lowest BCUT2D eigenvalue weighted by Gasteiger charge is -2.09. The van der Waals surface area contributed by atoms with Gasteiger partial charge >= 0.3 is 0 Å². The summed E-state index contributed by atoms with van der Waals surface area (Å²) in [6, 6.07) is -0.269. The average Bonchev–Trinajstić information content (AvgIpc) is 2.08. The van der Waals surface area contributed by atoms with E-state index in [1.165, 1.54) is 14.0 Å². The Morgan fingerprint density at radius 3 is 1.69 bits per heavy atom. The molecule has 0 bridgehead atoms. The molecule has 0 amide bonds. The predicted molar refractivity (Wildman–Crippen MR) is 56.6 cm³/mol. The van der Waals surface area contributed by atoms with Gasteiger partial charge in [-0.2, -0.15) is 0 Å². The van der Waals surface area contributed by atoms with Gasteiger partial charge in [0.1, 0.15) is 5.78 Å². The Morgan fingerprint density at radius 2 is 1.69 bits per heavy atom. The van der Waals surface area contributed by atoms with Crippen molar-refractivity contribution in [1.82, 2.24) is 0 Å². The van der Waals surface area contributed by atoms with Gasteiger partial charge in [0.05, 0.1) is 13.2 Å². The second-order valence-corrected chi connectivity index (χ2v) is 2.56. The Balaban J connectivity index is -0.0000000716. The minimum absolute atomic E-state index is 0. The van der Waals surface area contributed by atoms with E-state index in [1.807, 2.05) is 27.7 Å². The lowest BCUT2D eigenvalue weighted by molar-refractivity contribution is -0.214. The van der Waals surface area contributed by atoms with E-state index >= 15 is 0 Å². The fourth-order valence-electron chi connectivity index (χ4n) is 0.469. The lowest BCUT2D eigenvalue weighted by Crippen LogP contribution is -2.33. The fraction of sp³-hybridized carbons (Fsp3) is 0.889. The van der Waals surface area contributed by atoms with Gasteiger partial charge < -0.3 is 5.73 Å². The molecule has 3 N–H and O–H groups in total. The van der Waals surface area contributed by atoms with Gasteiger partial charge in [0.2, 0.25) is 0 Å². The Morgan fingerprint density at radius 1 is 1.46 bits per heavy atom. The van der Waals surface area contributed by atoms with Gasteiger partial charge in [-0.3, -0.25) is 10.1 Å². The molecule has 0 aromatic carbocycles. The first-order valence-electron chi connectivity index (χ1n) is 4.40. The summed E-state index contributed by atoms with van der Waals surface area (Å²) in [6.07, 6.45) is 0. The summed E-state index contributed by atoms with van der Waals surface area (Å²) in [6.45, 7) is 9.39. The van der Waals surface area contributed by atoms with Crippen LogP contribution in [0.3, 0.4) is 0 Å². The number of Topliss-reactive ketones (excluding diaryl/α,β-unsaturated/α-hetero) is 1. The summed E-state index contributed by atoms with van der Waals surface area (Å²) in [5, 5.41) is 7.07. The Bertz CT molecular complexity index is 110. The molecule has 0 saturated carbocycles. The van der Waals surface area contributed by atoms with Crippen LogP contribution < -0.4 is 5.73 Å².